The average molecular weight is 1200 g/mol. The second-order valence-electron chi connectivity index (χ2n) is 24.2. The van der Waals surface area contributed by atoms with E-state index in [0.717, 1.165) is 101 Å². The van der Waals surface area contributed by atoms with Crippen molar-refractivity contribution in [1.82, 2.24) is 19.1 Å². The fraction of sp³-hybridized carbons (Fsp3) is 0. The summed E-state index contributed by atoms with van der Waals surface area (Å²) in [6.45, 7) is 0. The predicted octanol–water partition coefficient (Wildman–Crippen LogP) is 23.7. The van der Waals surface area contributed by atoms with E-state index in [1.54, 1.807) is 0 Å². The van der Waals surface area contributed by atoms with Gasteiger partial charge in [-0.05, 0) is 202 Å². The Morgan fingerprint density at radius 3 is 0.894 bits per heavy atom. The lowest BCUT2D eigenvalue weighted by Crippen LogP contribution is -2.10. The Labute approximate surface area is 544 Å². The van der Waals surface area contributed by atoms with Gasteiger partial charge in [0.15, 0.2) is 0 Å². The van der Waals surface area contributed by atoms with Gasteiger partial charge in [0.05, 0.1) is 44.5 Å². The lowest BCUT2D eigenvalue weighted by atomic mass is 9.99. The first-order valence-electron chi connectivity index (χ1n) is 32.0. The third kappa shape index (κ3) is 9.51. The van der Waals surface area contributed by atoms with Crippen molar-refractivity contribution in [2.75, 3.05) is 9.80 Å². The number of aromatic nitrogens is 4. The Balaban J connectivity index is 0.728. The third-order valence-corrected chi connectivity index (χ3v) is 18.6. The SMILES string of the molecule is c1ccc(N(c2ccc(-c3nc4ccccc4nc3-c3ccc(N(c4ccccc4)c4ccc5c(c4)c4cc(-c6ccc7ccccc7c6)ccc4n5-c4ccccc4)cc3)cc2)c2ccc3c(c2)c2cc(-c4ccc5ccccc5c4)ccc2n3-c2ccccc2)cc1. The summed E-state index contributed by atoms with van der Waals surface area (Å²) >= 11 is 0. The van der Waals surface area contributed by atoms with Crippen LogP contribution in [-0.4, -0.2) is 19.1 Å². The number of para-hydroxylation sites is 6. The van der Waals surface area contributed by atoms with Crippen LogP contribution in [0.3, 0.4) is 0 Å². The summed E-state index contributed by atoms with van der Waals surface area (Å²) in [5, 5.41) is 9.65. The van der Waals surface area contributed by atoms with Crippen LogP contribution in [0.2, 0.25) is 0 Å². The Hall–Kier alpha value is -12.6. The van der Waals surface area contributed by atoms with Gasteiger partial charge in [0.25, 0.3) is 0 Å². The second-order valence-corrected chi connectivity index (χ2v) is 24.2. The monoisotopic (exact) mass is 1200 g/mol. The largest absolute Gasteiger partial charge is 0.310 e. The highest BCUT2D eigenvalue weighted by molar-refractivity contribution is 6.14. The van der Waals surface area contributed by atoms with E-state index >= 15 is 0 Å². The molecule has 94 heavy (non-hydrogen) atoms. The standard InChI is InChI=1S/C88H58N6/c1-5-23-69(24-6-1)91(75-47-51-85-79(57-75)77-55-67(65-35-33-59-19-13-15-21-63(59)53-65)41-49-83(77)93(85)71-27-9-3-10-28-71)73-43-37-61(38-44-73)87-88(90-82-32-18-17-31-81(82)89-87)62-39-45-74(46-40-62)92(70-25-7-2-8-26-70)76-48-52-86-80(58-76)78-56-68(66-36-34-60-20-14-16-22-64(60)54-66)42-50-84(78)94(86)72-29-11-4-12-30-72/h1-58H. The Morgan fingerprint density at radius 1 is 0.202 bits per heavy atom. The first kappa shape index (κ1) is 54.3. The summed E-state index contributed by atoms with van der Waals surface area (Å²) in [5.41, 5.74) is 23.1. The summed E-state index contributed by atoms with van der Waals surface area (Å²) in [7, 11) is 0. The van der Waals surface area contributed by atoms with E-state index < -0.39 is 0 Å². The van der Waals surface area contributed by atoms with Crippen LogP contribution in [-0.2, 0) is 0 Å². The molecule has 3 aromatic heterocycles. The molecule has 6 nitrogen and oxygen atoms in total. The molecule has 0 fully saturated rings. The molecule has 0 unspecified atom stereocenters. The van der Waals surface area contributed by atoms with E-state index in [4.69, 9.17) is 9.97 Å². The minimum atomic E-state index is 0.810. The first-order chi connectivity index (χ1) is 46.6. The van der Waals surface area contributed by atoms with Gasteiger partial charge >= 0.3 is 0 Å². The van der Waals surface area contributed by atoms with E-state index in [1.165, 1.54) is 65.3 Å². The molecule has 15 aromatic carbocycles. The lowest BCUT2D eigenvalue weighted by molar-refractivity contribution is 1.18. The lowest BCUT2D eigenvalue weighted by Gasteiger charge is -2.26. The third-order valence-electron chi connectivity index (χ3n) is 18.6. The molecule has 0 aliphatic rings. The average Bonchev–Trinajstić information content (AvgIpc) is 1.58. The molecule has 0 aliphatic carbocycles. The van der Waals surface area contributed by atoms with E-state index in [1.807, 2.05) is 12.1 Å². The number of fused-ring (bicyclic) bond motifs is 9. The highest BCUT2D eigenvalue weighted by Crippen LogP contribution is 2.45. The number of benzene rings is 15. The van der Waals surface area contributed by atoms with Crippen molar-refractivity contribution in [3.63, 3.8) is 0 Å². The van der Waals surface area contributed by atoms with Gasteiger partial charge in [0.2, 0.25) is 0 Å². The van der Waals surface area contributed by atoms with Crippen molar-refractivity contribution in [2.24, 2.45) is 0 Å². The molecule has 0 aliphatic heterocycles. The summed E-state index contributed by atoms with van der Waals surface area (Å²) in [6, 6.07) is 127. The number of anilines is 6. The van der Waals surface area contributed by atoms with Gasteiger partial charge in [-0.15, -0.1) is 0 Å². The molecule has 0 bridgehead atoms. The molecule has 0 radical (unpaired) electrons. The molecule has 18 aromatic rings. The van der Waals surface area contributed by atoms with Crippen molar-refractivity contribution in [3.8, 4) is 56.1 Å². The Bertz CT molecular complexity index is 5540. The van der Waals surface area contributed by atoms with E-state index in [-0.39, 0.29) is 0 Å². The minimum absolute atomic E-state index is 0.810. The fourth-order valence-corrected chi connectivity index (χ4v) is 14.1. The molecule has 0 saturated carbocycles. The summed E-state index contributed by atoms with van der Waals surface area (Å²) < 4.78 is 4.79. The van der Waals surface area contributed by atoms with E-state index in [0.29, 0.717) is 0 Å². The van der Waals surface area contributed by atoms with Crippen molar-refractivity contribution >= 4 is 110 Å². The van der Waals surface area contributed by atoms with Crippen LogP contribution in [0.15, 0.2) is 352 Å². The zero-order valence-electron chi connectivity index (χ0n) is 51.2. The molecule has 0 N–H and O–H groups in total. The van der Waals surface area contributed by atoms with Gasteiger partial charge < -0.3 is 18.9 Å². The van der Waals surface area contributed by atoms with Gasteiger partial charge in [0.1, 0.15) is 0 Å². The summed E-state index contributed by atoms with van der Waals surface area (Å²) in [6.07, 6.45) is 0. The predicted molar refractivity (Wildman–Crippen MR) is 394 cm³/mol. The van der Waals surface area contributed by atoms with Crippen LogP contribution < -0.4 is 9.80 Å². The second kappa shape index (κ2) is 22.7. The van der Waals surface area contributed by atoms with Crippen molar-refractivity contribution in [3.05, 3.63) is 352 Å². The normalized spacial score (nSPS) is 11.6. The van der Waals surface area contributed by atoms with Crippen LogP contribution in [0.4, 0.5) is 34.1 Å². The highest BCUT2D eigenvalue weighted by Gasteiger charge is 2.23. The zero-order chi connectivity index (χ0) is 62.1. The molecule has 18 rings (SSSR count). The summed E-state index contributed by atoms with van der Waals surface area (Å²) in [4.78, 5) is 15.6. The van der Waals surface area contributed by atoms with Crippen molar-refractivity contribution in [1.29, 1.82) is 0 Å². The number of hydrogen-bond donors (Lipinski definition) is 0. The molecule has 0 spiro atoms. The van der Waals surface area contributed by atoms with Gasteiger partial charge in [-0.25, -0.2) is 9.97 Å². The highest BCUT2D eigenvalue weighted by atomic mass is 15.1. The van der Waals surface area contributed by atoms with Gasteiger partial charge in [-0.1, -0.05) is 194 Å². The molecular formula is C88H58N6. The maximum Gasteiger partial charge on any atom is 0.0973 e. The van der Waals surface area contributed by atoms with Crippen LogP contribution in [0.25, 0.3) is 132 Å². The molecular weight excluding hydrogens is 1140 g/mol. The van der Waals surface area contributed by atoms with Crippen LogP contribution >= 0.6 is 0 Å². The molecule has 0 amide bonds. The quantitative estimate of drug-likeness (QED) is 0.122. The van der Waals surface area contributed by atoms with Gasteiger partial charge in [-0.2, -0.15) is 0 Å². The number of rotatable bonds is 12. The van der Waals surface area contributed by atoms with Crippen LogP contribution in [0, 0.1) is 0 Å². The first-order valence-corrected chi connectivity index (χ1v) is 32.0. The van der Waals surface area contributed by atoms with Crippen LogP contribution in [0.5, 0.6) is 0 Å². The Morgan fingerprint density at radius 2 is 0.489 bits per heavy atom. The molecule has 3 heterocycles. The van der Waals surface area contributed by atoms with Crippen LogP contribution in [0.1, 0.15) is 0 Å². The summed E-state index contributed by atoms with van der Waals surface area (Å²) in [5.74, 6) is 0. The van der Waals surface area contributed by atoms with Gasteiger partial charge in [-0.3, -0.25) is 0 Å². The van der Waals surface area contributed by atoms with Gasteiger partial charge in [0, 0.05) is 78.2 Å². The van der Waals surface area contributed by atoms with Crippen molar-refractivity contribution in [2.45, 2.75) is 0 Å². The maximum atomic E-state index is 5.43. The van der Waals surface area contributed by atoms with Crippen molar-refractivity contribution < 1.29 is 0 Å². The Kier molecular flexibility index (Phi) is 13.1. The minimum Gasteiger partial charge on any atom is -0.310 e. The maximum absolute atomic E-state index is 5.43. The molecule has 6 heteroatoms. The van der Waals surface area contributed by atoms with E-state index in [9.17, 15) is 0 Å². The number of nitrogens with zero attached hydrogens (tertiary/aromatic N) is 6. The molecule has 0 atom stereocenters. The zero-order valence-corrected chi connectivity index (χ0v) is 51.2. The molecule has 0 saturated heterocycles. The fourth-order valence-electron chi connectivity index (χ4n) is 14.1. The number of hydrogen-bond acceptors (Lipinski definition) is 4. The molecule has 440 valence electrons. The smallest absolute Gasteiger partial charge is 0.0973 e. The topological polar surface area (TPSA) is 42.1 Å². The van der Waals surface area contributed by atoms with E-state index in [2.05, 4.69) is 359 Å².